The number of benzene rings is 1. The van der Waals surface area contributed by atoms with Gasteiger partial charge in [-0.3, -0.25) is 14.6 Å². The quantitative estimate of drug-likeness (QED) is 0.433. The number of amides is 1. The summed E-state index contributed by atoms with van der Waals surface area (Å²) in [5.41, 5.74) is 2.96. The van der Waals surface area contributed by atoms with Crippen molar-refractivity contribution in [2.75, 3.05) is 33.6 Å². The number of hydrogen-bond acceptors (Lipinski definition) is 7. The number of methoxy groups -OCH3 is 3. The number of carbonyl (C=O) groups is 2. The van der Waals surface area contributed by atoms with Crippen molar-refractivity contribution in [1.29, 1.82) is 0 Å². The van der Waals surface area contributed by atoms with Crippen LogP contribution < -0.4 is 9.47 Å². The molecule has 1 aromatic carbocycles. The van der Waals surface area contributed by atoms with E-state index < -0.39 is 0 Å². The van der Waals surface area contributed by atoms with Gasteiger partial charge in [0.25, 0.3) is 0 Å². The van der Waals surface area contributed by atoms with E-state index in [1.807, 2.05) is 30.3 Å². The summed E-state index contributed by atoms with van der Waals surface area (Å²) in [6.45, 7) is 0.549. The SMILES string of the molecule is COC(=O)CC1c2cc(OC)c(OC)cc2CCN1C(=O)CCSCc1ccccn1. The number of rotatable bonds is 9. The Hall–Kier alpha value is -2.74. The molecule has 0 saturated heterocycles. The normalized spacial score (nSPS) is 15.2. The largest absolute Gasteiger partial charge is 0.493 e. The summed E-state index contributed by atoms with van der Waals surface area (Å²) in [7, 11) is 4.53. The lowest BCUT2D eigenvalue weighted by molar-refractivity contribution is -0.144. The summed E-state index contributed by atoms with van der Waals surface area (Å²) < 4.78 is 15.8. The van der Waals surface area contributed by atoms with Crippen molar-refractivity contribution < 1.29 is 23.8 Å². The molecule has 0 fully saturated rings. The van der Waals surface area contributed by atoms with E-state index in [4.69, 9.17) is 14.2 Å². The Bertz CT molecular complexity index is 906. The summed E-state index contributed by atoms with van der Waals surface area (Å²) in [5, 5.41) is 0. The second kappa shape index (κ2) is 11.0. The highest BCUT2D eigenvalue weighted by Gasteiger charge is 2.33. The number of esters is 1. The molecule has 3 rings (SSSR count). The van der Waals surface area contributed by atoms with Gasteiger partial charge in [-0.05, 0) is 41.8 Å². The monoisotopic (exact) mass is 444 g/mol. The van der Waals surface area contributed by atoms with E-state index >= 15 is 0 Å². The van der Waals surface area contributed by atoms with Gasteiger partial charge < -0.3 is 19.1 Å². The van der Waals surface area contributed by atoms with Gasteiger partial charge in [0.05, 0.1) is 39.5 Å². The highest BCUT2D eigenvalue weighted by atomic mass is 32.2. The zero-order valence-corrected chi connectivity index (χ0v) is 18.9. The van der Waals surface area contributed by atoms with Crippen LogP contribution in [0.15, 0.2) is 36.5 Å². The van der Waals surface area contributed by atoms with Crippen LogP contribution in [0.2, 0.25) is 0 Å². The molecule has 1 amide bonds. The molecule has 1 atom stereocenters. The van der Waals surface area contributed by atoms with E-state index in [0.29, 0.717) is 36.6 Å². The van der Waals surface area contributed by atoms with Crippen LogP contribution in [0.1, 0.15) is 35.7 Å². The number of thioether (sulfide) groups is 1. The Morgan fingerprint density at radius 3 is 2.61 bits per heavy atom. The molecule has 166 valence electrons. The maximum Gasteiger partial charge on any atom is 0.307 e. The first-order valence-electron chi connectivity index (χ1n) is 10.2. The summed E-state index contributed by atoms with van der Waals surface area (Å²) in [4.78, 5) is 31.3. The van der Waals surface area contributed by atoms with Gasteiger partial charge in [-0.15, -0.1) is 0 Å². The van der Waals surface area contributed by atoms with Crippen molar-refractivity contribution in [2.24, 2.45) is 0 Å². The molecule has 7 nitrogen and oxygen atoms in total. The summed E-state index contributed by atoms with van der Waals surface area (Å²) in [6.07, 6.45) is 2.97. The summed E-state index contributed by atoms with van der Waals surface area (Å²) >= 11 is 1.68. The van der Waals surface area contributed by atoms with Gasteiger partial charge in [0.15, 0.2) is 11.5 Å². The van der Waals surface area contributed by atoms with Crippen LogP contribution in [0.4, 0.5) is 0 Å². The Morgan fingerprint density at radius 2 is 1.94 bits per heavy atom. The van der Waals surface area contributed by atoms with Gasteiger partial charge in [0, 0.05) is 30.7 Å². The van der Waals surface area contributed by atoms with Crippen molar-refractivity contribution in [2.45, 2.75) is 31.1 Å². The van der Waals surface area contributed by atoms with Gasteiger partial charge in [-0.25, -0.2) is 0 Å². The van der Waals surface area contributed by atoms with Crippen LogP contribution in [0.3, 0.4) is 0 Å². The van der Waals surface area contributed by atoms with Gasteiger partial charge in [-0.2, -0.15) is 11.8 Å². The maximum absolute atomic E-state index is 13.1. The van der Waals surface area contributed by atoms with E-state index in [1.165, 1.54) is 7.11 Å². The molecule has 2 aromatic rings. The Balaban J connectivity index is 1.72. The van der Waals surface area contributed by atoms with Crippen molar-refractivity contribution >= 4 is 23.6 Å². The minimum Gasteiger partial charge on any atom is -0.493 e. The summed E-state index contributed by atoms with van der Waals surface area (Å²) in [5.74, 6) is 2.35. The van der Waals surface area contributed by atoms with Crippen LogP contribution in [0, 0.1) is 0 Å². The van der Waals surface area contributed by atoms with E-state index in [1.54, 1.807) is 37.1 Å². The van der Waals surface area contributed by atoms with Crippen LogP contribution >= 0.6 is 11.8 Å². The van der Waals surface area contributed by atoms with Gasteiger partial charge >= 0.3 is 5.97 Å². The molecule has 1 unspecified atom stereocenters. The molecular formula is C23H28N2O5S. The third-order valence-corrected chi connectivity index (χ3v) is 6.34. The zero-order valence-electron chi connectivity index (χ0n) is 18.1. The lowest BCUT2D eigenvalue weighted by Crippen LogP contribution is -2.41. The molecular weight excluding hydrogens is 416 g/mol. The minimum absolute atomic E-state index is 0.0304. The van der Waals surface area contributed by atoms with Crippen molar-refractivity contribution in [3.05, 3.63) is 53.3 Å². The van der Waals surface area contributed by atoms with Crippen LogP contribution in [-0.4, -0.2) is 55.4 Å². The maximum atomic E-state index is 13.1. The van der Waals surface area contributed by atoms with E-state index in [-0.39, 0.29) is 24.3 Å². The molecule has 31 heavy (non-hydrogen) atoms. The van der Waals surface area contributed by atoms with Gasteiger partial charge in [-0.1, -0.05) is 6.07 Å². The Kier molecular flexibility index (Phi) is 8.17. The van der Waals surface area contributed by atoms with Gasteiger partial charge in [0.2, 0.25) is 5.91 Å². The molecule has 0 aliphatic carbocycles. The number of pyridine rings is 1. The molecule has 0 saturated carbocycles. The smallest absolute Gasteiger partial charge is 0.307 e. The van der Waals surface area contributed by atoms with Crippen molar-refractivity contribution in [3.63, 3.8) is 0 Å². The van der Waals surface area contributed by atoms with E-state index in [9.17, 15) is 9.59 Å². The van der Waals surface area contributed by atoms with Gasteiger partial charge in [0.1, 0.15) is 0 Å². The zero-order chi connectivity index (χ0) is 22.2. The van der Waals surface area contributed by atoms with E-state index in [0.717, 1.165) is 22.6 Å². The summed E-state index contributed by atoms with van der Waals surface area (Å²) in [6, 6.07) is 9.24. The number of nitrogens with zero attached hydrogens (tertiary/aromatic N) is 2. The number of ether oxygens (including phenoxy) is 3. The minimum atomic E-state index is -0.385. The first-order chi connectivity index (χ1) is 15.1. The van der Waals surface area contributed by atoms with Crippen molar-refractivity contribution in [1.82, 2.24) is 9.88 Å². The second-order valence-electron chi connectivity index (χ2n) is 7.16. The average molecular weight is 445 g/mol. The molecule has 1 aromatic heterocycles. The van der Waals surface area contributed by atoms with Crippen LogP contribution in [-0.2, 0) is 26.5 Å². The fourth-order valence-electron chi connectivity index (χ4n) is 3.75. The fourth-order valence-corrected chi connectivity index (χ4v) is 4.59. The first kappa shape index (κ1) is 22.9. The molecule has 1 aliphatic heterocycles. The lowest BCUT2D eigenvalue weighted by atomic mass is 9.89. The highest BCUT2D eigenvalue weighted by molar-refractivity contribution is 7.98. The molecule has 1 aliphatic rings. The number of hydrogen-bond donors (Lipinski definition) is 0. The predicted molar refractivity (Wildman–Crippen MR) is 119 cm³/mol. The van der Waals surface area contributed by atoms with Crippen LogP contribution in [0.5, 0.6) is 11.5 Å². The van der Waals surface area contributed by atoms with Crippen LogP contribution in [0.25, 0.3) is 0 Å². The average Bonchev–Trinajstić information content (AvgIpc) is 2.81. The topological polar surface area (TPSA) is 78.0 Å². The first-order valence-corrected chi connectivity index (χ1v) is 11.3. The molecule has 0 bridgehead atoms. The Labute approximate surface area is 187 Å². The molecule has 0 N–H and O–H groups in total. The molecule has 0 radical (unpaired) electrons. The number of aromatic nitrogens is 1. The predicted octanol–water partition coefficient (Wildman–Crippen LogP) is 3.41. The Morgan fingerprint density at radius 1 is 1.16 bits per heavy atom. The second-order valence-corrected chi connectivity index (χ2v) is 8.27. The number of carbonyl (C=O) groups excluding carboxylic acids is 2. The standard InChI is InChI=1S/C23H28N2O5S/c1-28-20-12-16-7-10-25(19(14-23(27)30-3)18(16)13-21(20)29-2)22(26)8-11-31-15-17-6-4-5-9-24-17/h4-6,9,12-13,19H,7-8,10-11,14-15H2,1-3H3. The highest BCUT2D eigenvalue weighted by Crippen LogP contribution is 2.39. The lowest BCUT2D eigenvalue weighted by Gasteiger charge is -2.37. The molecule has 2 heterocycles. The van der Waals surface area contributed by atoms with Crippen molar-refractivity contribution in [3.8, 4) is 11.5 Å². The molecule has 8 heteroatoms. The third-order valence-electron chi connectivity index (χ3n) is 5.35. The molecule has 0 spiro atoms. The third kappa shape index (κ3) is 5.70. The number of fused-ring (bicyclic) bond motifs is 1. The van der Waals surface area contributed by atoms with E-state index in [2.05, 4.69) is 4.98 Å². The fraction of sp³-hybridized carbons (Fsp3) is 0.435.